The van der Waals surface area contributed by atoms with Crippen molar-refractivity contribution in [3.05, 3.63) is 35.9 Å². The molecule has 0 aliphatic carbocycles. The van der Waals surface area contributed by atoms with E-state index in [4.69, 9.17) is 9.16 Å². The van der Waals surface area contributed by atoms with Crippen molar-refractivity contribution in [1.29, 1.82) is 0 Å². The molecule has 1 saturated heterocycles. The quantitative estimate of drug-likeness (QED) is 0.675. The Kier molecular flexibility index (Phi) is 6.68. The standard InChI is InChI=1S/C22H37NO4Si/c1-21(2,3)26-20(25)23-18(24)15-14-17(27-28(7,8)22(4,5)6)19(23)16-12-10-9-11-13-16/h9-13,17-19,24H,14-15H2,1-8H3/t17-,18?,19-/m1/s1. The summed E-state index contributed by atoms with van der Waals surface area (Å²) in [5, 5.41) is 10.8. The number of piperidine rings is 1. The van der Waals surface area contributed by atoms with Gasteiger partial charge in [0.1, 0.15) is 11.8 Å². The minimum atomic E-state index is -2.06. The van der Waals surface area contributed by atoms with Crippen LogP contribution in [0.2, 0.25) is 18.1 Å². The lowest BCUT2D eigenvalue weighted by atomic mass is 9.92. The van der Waals surface area contributed by atoms with Crippen LogP contribution in [0.4, 0.5) is 4.79 Å². The molecule has 1 amide bonds. The van der Waals surface area contributed by atoms with Gasteiger partial charge in [-0.15, -0.1) is 0 Å². The van der Waals surface area contributed by atoms with Gasteiger partial charge in [0.25, 0.3) is 0 Å². The Morgan fingerprint density at radius 1 is 1.07 bits per heavy atom. The zero-order valence-electron chi connectivity index (χ0n) is 18.7. The number of carbonyl (C=O) groups is 1. The predicted octanol–water partition coefficient (Wildman–Crippen LogP) is 5.47. The summed E-state index contributed by atoms with van der Waals surface area (Å²) in [6, 6.07) is 9.45. The Hall–Kier alpha value is -1.37. The van der Waals surface area contributed by atoms with E-state index in [1.54, 1.807) is 0 Å². The molecule has 2 rings (SSSR count). The fraction of sp³-hybridized carbons (Fsp3) is 0.682. The van der Waals surface area contributed by atoms with E-state index in [0.717, 1.165) is 5.56 Å². The molecule has 1 aliphatic heterocycles. The van der Waals surface area contributed by atoms with Gasteiger partial charge in [-0.05, 0) is 57.3 Å². The van der Waals surface area contributed by atoms with Gasteiger partial charge in [-0.3, -0.25) is 4.90 Å². The zero-order chi connectivity index (χ0) is 21.3. The summed E-state index contributed by atoms with van der Waals surface area (Å²) in [5.41, 5.74) is 0.321. The van der Waals surface area contributed by atoms with Crippen molar-refractivity contribution in [2.24, 2.45) is 0 Å². The van der Waals surface area contributed by atoms with E-state index < -0.39 is 26.2 Å². The SMILES string of the molecule is CC(C)(C)OC(=O)N1C(O)CC[C@@H](O[Si](C)(C)C(C)(C)C)[C@H]1c1ccccc1. The van der Waals surface area contributed by atoms with Crippen molar-refractivity contribution in [1.82, 2.24) is 4.90 Å². The highest BCUT2D eigenvalue weighted by Crippen LogP contribution is 2.43. The van der Waals surface area contributed by atoms with Crippen LogP contribution in [0, 0.1) is 0 Å². The van der Waals surface area contributed by atoms with Crippen LogP contribution in [-0.2, 0) is 9.16 Å². The monoisotopic (exact) mass is 407 g/mol. The molecule has 1 aromatic carbocycles. The molecule has 1 aromatic rings. The average molecular weight is 408 g/mol. The molecule has 1 aliphatic rings. The number of hydrogen-bond acceptors (Lipinski definition) is 4. The fourth-order valence-electron chi connectivity index (χ4n) is 3.23. The van der Waals surface area contributed by atoms with Crippen LogP contribution in [0.15, 0.2) is 30.3 Å². The van der Waals surface area contributed by atoms with Crippen LogP contribution in [0.3, 0.4) is 0 Å². The first kappa shape index (κ1) is 22.9. The van der Waals surface area contributed by atoms with E-state index in [1.807, 2.05) is 51.1 Å². The Morgan fingerprint density at radius 2 is 1.64 bits per heavy atom. The fourth-order valence-corrected chi connectivity index (χ4v) is 4.59. The summed E-state index contributed by atoms with van der Waals surface area (Å²) in [6.45, 7) is 16.6. The highest BCUT2D eigenvalue weighted by atomic mass is 28.4. The van der Waals surface area contributed by atoms with Gasteiger partial charge >= 0.3 is 6.09 Å². The molecular weight excluding hydrogens is 370 g/mol. The molecule has 158 valence electrons. The number of nitrogens with zero attached hydrogens (tertiary/aromatic N) is 1. The molecule has 0 radical (unpaired) electrons. The third-order valence-electron chi connectivity index (χ3n) is 5.68. The van der Waals surface area contributed by atoms with Crippen molar-refractivity contribution < 1.29 is 19.1 Å². The number of aliphatic hydroxyl groups excluding tert-OH is 1. The lowest BCUT2D eigenvalue weighted by Gasteiger charge is -2.48. The second kappa shape index (κ2) is 8.17. The van der Waals surface area contributed by atoms with E-state index in [-0.39, 0.29) is 17.2 Å². The lowest BCUT2D eigenvalue weighted by Crippen LogP contribution is -2.56. The van der Waals surface area contributed by atoms with E-state index in [9.17, 15) is 9.90 Å². The summed E-state index contributed by atoms with van der Waals surface area (Å²) in [4.78, 5) is 14.5. The Morgan fingerprint density at radius 3 is 2.14 bits per heavy atom. The molecule has 1 N–H and O–H groups in total. The van der Waals surface area contributed by atoms with Crippen LogP contribution < -0.4 is 0 Å². The summed E-state index contributed by atoms with van der Waals surface area (Å²) < 4.78 is 12.4. The van der Waals surface area contributed by atoms with E-state index in [2.05, 4.69) is 33.9 Å². The normalized spacial score (nSPS) is 24.2. The summed E-state index contributed by atoms with van der Waals surface area (Å²) in [6.07, 6.45) is -0.398. The smallest absolute Gasteiger partial charge is 0.412 e. The van der Waals surface area contributed by atoms with Crippen molar-refractivity contribution >= 4 is 14.4 Å². The van der Waals surface area contributed by atoms with E-state index >= 15 is 0 Å². The number of likely N-dealkylation sites (tertiary alicyclic amines) is 1. The maximum absolute atomic E-state index is 13.0. The predicted molar refractivity (Wildman–Crippen MR) is 115 cm³/mol. The number of carbonyl (C=O) groups excluding carboxylic acids is 1. The van der Waals surface area contributed by atoms with Crippen LogP contribution in [0.1, 0.15) is 66.0 Å². The molecule has 1 fully saturated rings. The van der Waals surface area contributed by atoms with Gasteiger partial charge in [0.2, 0.25) is 0 Å². The number of hydrogen-bond donors (Lipinski definition) is 1. The lowest BCUT2D eigenvalue weighted by molar-refractivity contribution is -0.101. The molecule has 6 heteroatoms. The largest absolute Gasteiger partial charge is 0.444 e. The molecule has 0 spiro atoms. The third kappa shape index (κ3) is 5.36. The molecule has 5 nitrogen and oxygen atoms in total. The minimum Gasteiger partial charge on any atom is -0.444 e. The maximum atomic E-state index is 13.0. The number of ether oxygens (including phenoxy) is 1. The van der Waals surface area contributed by atoms with Crippen molar-refractivity contribution in [3.8, 4) is 0 Å². The van der Waals surface area contributed by atoms with Crippen molar-refractivity contribution in [3.63, 3.8) is 0 Å². The van der Waals surface area contributed by atoms with Gasteiger partial charge in [0.05, 0.1) is 12.1 Å². The van der Waals surface area contributed by atoms with Crippen LogP contribution in [0.25, 0.3) is 0 Å². The molecule has 28 heavy (non-hydrogen) atoms. The first-order valence-corrected chi connectivity index (χ1v) is 13.1. The zero-order valence-corrected chi connectivity index (χ0v) is 19.7. The number of amides is 1. The molecule has 0 aromatic heterocycles. The summed E-state index contributed by atoms with van der Waals surface area (Å²) in [5.74, 6) is 0. The highest BCUT2D eigenvalue weighted by molar-refractivity contribution is 6.74. The Labute approximate surface area is 171 Å². The van der Waals surface area contributed by atoms with Gasteiger partial charge in [-0.25, -0.2) is 4.79 Å². The minimum absolute atomic E-state index is 0.0566. The average Bonchev–Trinajstić information content (AvgIpc) is 2.54. The van der Waals surface area contributed by atoms with Crippen molar-refractivity contribution in [2.75, 3.05) is 0 Å². The van der Waals surface area contributed by atoms with Gasteiger partial charge in [0, 0.05) is 0 Å². The second-order valence-corrected chi connectivity index (χ2v) is 15.0. The maximum Gasteiger partial charge on any atom is 0.412 e. The van der Waals surface area contributed by atoms with Crippen molar-refractivity contribution in [2.45, 2.75) is 96.5 Å². The second-order valence-electron chi connectivity index (χ2n) is 10.2. The van der Waals surface area contributed by atoms with Gasteiger partial charge in [-0.2, -0.15) is 0 Å². The van der Waals surface area contributed by atoms with E-state index in [0.29, 0.717) is 12.8 Å². The van der Waals surface area contributed by atoms with Gasteiger partial charge in [-0.1, -0.05) is 51.1 Å². The molecule has 1 heterocycles. The first-order valence-electron chi connectivity index (χ1n) is 10.1. The van der Waals surface area contributed by atoms with E-state index in [1.165, 1.54) is 4.90 Å². The number of benzene rings is 1. The molecular formula is C22H37NO4Si. The van der Waals surface area contributed by atoms with Gasteiger partial charge < -0.3 is 14.3 Å². The topological polar surface area (TPSA) is 59.0 Å². The molecule has 3 atom stereocenters. The van der Waals surface area contributed by atoms with Crippen LogP contribution in [-0.4, -0.2) is 42.3 Å². The van der Waals surface area contributed by atoms with Crippen LogP contribution >= 0.6 is 0 Å². The summed E-state index contributed by atoms with van der Waals surface area (Å²) in [7, 11) is -2.06. The highest BCUT2D eigenvalue weighted by Gasteiger charge is 2.47. The van der Waals surface area contributed by atoms with Gasteiger partial charge in [0.15, 0.2) is 8.32 Å². The molecule has 0 saturated carbocycles. The first-order chi connectivity index (χ1) is 12.7. The number of aliphatic hydroxyl groups is 1. The Balaban J connectivity index is 2.43. The summed E-state index contributed by atoms with van der Waals surface area (Å²) >= 11 is 0. The molecule has 0 bridgehead atoms. The molecule has 1 unspecified atom stereocenters. The third-order valence-corrected chi connectivity index (χ3v) is 10.2. The Bertz CT molecular complexity index is 663. The van der Waals surface area contributed by atoms with Crippen LogP contribution in [0.5, 0.6) is 0 Å². The number of rotatable bonds is 3.